The van der Waals surface area contributed by atoms with Crippen molar-refractivity contribution in [1.29, 1.82) is 0 Å². The fraction of sp³-hybridized carbons (Fsp3) is 1.00. The maximum atomic E-state index is 8.95. The normalized spacial score (nSPS) is 29.7. The predicted molar refractivity (Wildman–Crippen MR) is 75.7 cm³/mol. The molecule has 0 aromatic carbocycles. The Labute approximate surface area is 112 Å². The van der Waals surface area contributed by atoms with Crippen LogP contribution in [0, 0.1) is 11.8 Å². The van der Waals surface area contributed by atoms with Crippen molar-refractivity contribution in [2.45, 2.75) is 51.5 Å². The summed E-state index contributed by atoms with van der Waals surface area (Å²) < 4.78 is 0. The van der Waals surface area contributed by atoms with Crippen LogP contribution in [0.25, 0.3) is 0 Å². The molecule has 2 aliphatic rings. The van der Waals surface area contributed by atoms with Crippen molar-refractivity contribution in [2.24, 2.45) is 11.8 Å². The molecule has 1 saturated heterocycles. The number of nitrogens with zero attached hydrogens (tertiary/aromatic N) is 1. The SMILES string of the molecule is CCCCC1CC(NCCO)CN(CC2CC2)C1. The van der Waals surface area contributed by atoms with E-state index in [1.807, 2.05) is 0 Å². The molecule has 2 unspecified atom stereocenters. The summed E-state index contributed by atoms with van der Waals surface area (Å²) in [6.07, 6.45) is 8.27. The Balaban J connectivity index is 1.78. The third-order valence-corrected chi connectivity index (χ3v) is 4.34. The number of likely N-dealkylation sites (tertiary alicyclic amines) is 1. The molecule has 0 spiro atoms. The Morgan fingerprint density at radius 1 is 1.22 bits per heavy atom. The van der Waals surface area contributed by atoms with Gasteiger partial charge in [-0.05, 0) is 37.5 Å². The lowest BCUT2D eigenvalue weighted by molar-refractivity contribution is 0.126. The summed E-state index contributed by atoms with van der Waals surface area (Å²) >= 11 is 0. The zero-order valence-electron chi connectivity index (χ0n) is 11.9. The lowest BCUT2D eigenvalue weighted by Gasteiger charge is -2.38. The average Bonchev–Trinajstić information content (AvgIpc) is 3.17. The number of nitrogens with one attached hydrogen (secondary N) is 1. The van der Waals surface area contributed by atoms with Gasteiger partial charge in [0.25, 0.3) is 0 Å². The molecule has 106 valence electrons. The molecular weight excluding hydrogens is 224 g/mol. The second kappa shape index (κ2) is 7.46. The Morgan fingerprint density at radius 3 is 2.72 bits per heavy atom. The molecule has 0 radical (unpaired) electrons. The number of piperidine rings is 1. The van der Waals surface area contributed by atoms with E-state index in [1.54, 1.807) is 0 Å². The van der Waals surface area contributed by atoms with E-state index in [9.17, 15) is 0 Å². The lowest BCUT2D eigenvalue weighted by Crippen LogP contribution is -2.50. The zero-order chi connectivity index (χ0) is 12.8. The first-order valence-electron chi connectivity index (χ1n) is 7.88. The van der Waals surface area contributed by atoms with Gasteiger partial charge in [0.1, 0.15) is 0 Å². The molecule has 2 fully saturated rings. The van der Waals surface area contributed by atoms with Gasteiger partial charge in [-0.25, -0.2) is 0 Å². The zero-order valence-corrected chi connectivity index (χ0v) is 11.9. The van der Waals surface area contributed by atoms with Crippen LogP contribution < -0.4 is 5.32 Å². The van der Waals surface area contributed by atoms with Crippen molar-refractivity contribution in [3.8, 4) is 0 Å². The largest absolute Gasteiger partial charge is 0.395 e. The number of hydrogen-bond donors (Lipinski definition) is 2. The van der Waals surface area contributed by atoms with E-state index in [4.69, 9.17) is 5.11 Å². The van der Waals surface area contributed by atoms with Crippen LogP contribution in [0.3, 0.4) is 0 Å². The first-order chi connectivity index (χ1) is 8.81. The van der Waals surface area contributed by atoms with E-state index >= 15 is 0 Å². The summed E-state index contributed by atoms with van der Waals surface area (Å²) in [7, 11) is 0. The van der Waals surface area contributed by atoms with Gasteiger partial charge in [-0.3, -0.25) is 0 Å². The summed E-state index contributed by atoms with van der Waals surface area (Å²) in [4.78, 5) is 2.68. The molecule has 2 rings (SSSR count). The van der Waals surface area contributed by atoms with E-state index < -0.39 is 0 Å². The fourth-order valence-corrected chi connectivity index (χ4v) is 3.24. The number of aliphatic hydroxyl groups excluding tert-OH is 1. The molecular formula is C15H30N2O. The highest BCUT2D eigenvalue weighted by molar-refractivity contribution is 4.86. The van der Waals surface area contributed by atoms with Crippen LogP contribution in [0.1, 0.15) is 45.4 Å². The van der Waals surface area contributed by atoms with Crippen molar-refractivity contribution >= 4 is 0 Å². The smallest absolute Gasteiger partial charge is 0.0556 e. The molecule has 2 atom stereocenters. The fourth-order valence-electron chi connectivity index (χ4n) is 3.24. The third-order valence-electron chi connectivity index (χ3n) is 4.34. The Kier molecular flexibility index (Phi) is 5.93. The van der Waals surface area contributed by atoms with Crippen molar-refractivity contribution in [3.05, 3.63) is 0 Å². The molecule has 1 saturated carbocycles. The third kappa shape index (κ3) is 4.87. The van der Waals surface area contributed by atoms with Gasteiger partial charge in [-0.1, -0.05) is 19.8 Å². The number of rotatable bonds is 8. The lowest BCUT2D eigenvalue weighted by atomic mass is 9.89. The monoisotopic (exact) mass is 254 g/mol. The standard InChI is InChI=1S/C15H30N2O/c1-2-3-4-14-9-15(16-7-8-18)12-17(11-14)10-13-5-6-13/h13-16,18H,2-12H2,1H3. The second-order valence-electron chi connectivity index (χ2n) is 6.28. The first-order valence-corrected chi connectivity index (χ1v) is 7.88. The van der Waals surface area contributed by atoms with Crippen LogP contribution in [-0.2, 0) is 0 Å². The van der Waals surface area contributed by atoms with E-state index in [-0.39, 0.29) is 6.61 Å². The summed E-state index contributed by atoms with van der Waals surface area (Å²) in [6, 6.07) is 0.603. The van der Waals surface area contributed by atoms with Gasteiger partial charge in [-0.15, -0.1) is 0 Å². The molecule has 0 bridgehead atoms. The minimum atomic E-state index is 0.263. The predicted octanol–water partition coefficient (Wildman–Crippen LogP) is 1.86. The maximum absolute atomic E-state index is 8.95. The minimum absolute atomic E-state index is 0.263. The topological polar surface area (TPSA) is 35.5 Å². The van der Waals surface area contributed by atoms with E-state index in [1.165, 1.54) is 58.2 Å². The van der Waals surface area contributed by atoms with Crippen molar-refractivity contribution < 1.29 is 5.11 Å². The highest BCUT2D eigenvalue weighted by Gasteiger charge is 2.30. The van der Waals surface area contributed by atoms with E-state index in [2.05, 4.69) is 17.1 Å². The minimum Gasteiger partial charge on any atom is -0.395 e. The summed E-state index contributed by atoms with van der Waals surface area (Å²) in [6.45, 7) is 7.13. The molecule has 1 heterocycles. The number of unbranched alkanes of at least 4 members (excludes halogenated alkanes) is 1. The van der Waals surface area contributed by atoms with E-state index in [0.29, 0.717) is 6.04 Å². The van der Waals surface area contributed by atoms with Gasteiger partial charge >= 0.3 is 0 Å². The van der Waals surface area contributed by atoms with E-state index in [0.717, 1.165) is 18.4 Å². The van der Waals surface area contributed by atoms with Gasteiger partial charge in [-0.2, -0.15) is 0 Å². The highest BCUT2D eigenvalue weighted by Crippen LogP contribution is 2.32. The average molecular weight is 254 g/mol. The molecule has 2 N–H and O–H groups in total. The van der Waals surface area contributed by atoms with Crippen LogP contribution in [0.5, 0.6) is 0 Å². The number of hydrogen-bond acceptors (Lipinski definition) is 3. The highest BCUT2D eigenvalue weighted by atomic mass is 16.3. The Bertz CT molecular complexity index is 215. The van der Waals surface area contributed by atoms with Crippen molar-refractivity contribution in [2.75, 3.05) is 32.8 Å². The van der Waals surface area contributed by atoms with Crippen LogP contribution in [-0.4, -0.2) is 48.8 Å². The van der Waals surface area contributed by atoms with Crippen LogP contribution in [0.2, 0.25) is 0 Å². The molecule has 3 nitrogen and oxygen atoms in total. The van der Waals surface area contributed by atoms with Gasteiger partial charge in [0.05, 0.1) is 6.61 Å². The maximum Gasteiger partial charge on any atom is 0.0556 e. The molecule has 1 aliphatic heterocycles. The summed E-state index contributed by atoms with van der Waals surface area (Å²) in [5.41, 5.74) is 0. The van der Waals surface area contributed by atoms with Crippen molar-refractivity contribution in [3.63, 3.8) is 0 Å². The molecule has 0 aromatic rings. The molecule has 0 aromatic heterocycles. The van der Waals surface area contributed by atoms with Crippen LogP contribution in [0.15, 0.2) is 0 Å². The quantitative estimate of drug-likeness (QED) is 0.694. The second-order valence-corrected chi connectivity index (χ2v) is 6.28. The van der Waals surface area contributed by atoms with Gasteiger partial charge in [0, 0.05) is 32.2 Å². The first kappa shape index (κ1) is 14.3. The van der Waals surface area contributed by atoms with Gasteiger partial charge in [0.15, 0.2) is 0 Å². The molecule has 3 heteroatoms. The number of aliphatic hydroxyl groups is 1. The summed E-state index contributed by atoms with van der Waals surface area (Å²) in [5, 5.41) is 12.5. The van der Waals surface area contributed by atoms with Crippen LogP contribution >= 0.6 is 0 Å². The Hall–Kier alpha value is -0.120. The molecule has 0 amide bonds. The van der Waals surface area contributed by atoms with Gasteiger partial charge < -0.3 is 15.3 Å². The Morgan fingerprint density at radius 2 is 2.06 bits per heavy atom. The summed E-state index contributed by atoms with van der Waals surface area (Å²) in [5.74, 6) is 1.86. The van der Waals surface area contributed by atoms with Gasteiger partial charge in [0.2, 0.25) is 0 Å². The van der Waals surface area contributed by atoms with Crippen molar-refractivity contribution in [1.82, 2.24) is 10.2 Å². The molecule has 1 aliphatic carbocycles. The molecule has 18 heavy (non-hydrogen) atoms. The van der Waals surface area contributed by atoms with Crippen LogP contribution in [0.4, 0.5) is 0 Å².